The molecular weight excluding hydrogens is 224 g/mol. The molecule has 0 saturated carbocycles. The van der Waals surface area contributed by atoms with Gasteiger partial charge in [-0.05, 0) is 38.0 Å². The average molecular weight is 252 g/mol. The molecule has 0 aromatic carbocycles. The van der Waals surface area contributed by atoms with Crippen LogP contribution in [0.1, 0.15) is 65.2 Å². The zero-order chi connectivity index (χ0) is 13.6. The van der Waals surface area contributed by atoms with Gasteiger partial charge in [-0.15, -0.1) is 0 Å². The Bertz CT molecular complexity index is 252. The minimum Gasteiger partial charge on any atom is -0.481 e. The Morgan fingerprint density at radius 1 is 1.00 bits per heavy atom. The van der Waals surface area contributed by atoms with Gasteiger partial charge >= 0.3 is 5.97 Å². The number of hydrogen-bond acceptors (Lipinski definition) is 1. The Kier molecular flexibility index (Phi) is 11.7. The molecule has 0 fully saturated rings. The van der Waals surface area contributed by atoms with E-state index in [4.69, 9.17) is 5.11 Å². The molecule has 0 unspecified atom stereocenters. The first-order chi connectivity index (χ1) is 8.63. The fraction of sp³-hybridized carbons (Fsp3) is 0.688. The van der Waals surface area contributed by atoms with Crippen LogP contribution in [0.2, 0.25) is 0 Å². The van der Waals surface area contributed by atoms with Crippen LogP contribution in [0.15, 0.2) is 24.3 Å². The van der Waals surface area contributed by atoms with Crippen molar-refractivity contribution in [3.8, 4) is 0 Å². The number of rotatable bonds is 11. The summed E-state index contributed by atoms with van der Waals surface area (Å²) < 4.78 is 0. The summed E-state index contributed by atoms with van der Waals surface area (Å²) in [7, 11) is 0. The number of aliphatic carboxylic acids is 1. The van der Waals surface area contributed by atoms with Gasteiger partial charge in [-0.3, -0.25) is 4.79 Å². The predicted molar refractivity (Wildman–Crippen MR) is 77.7 cm³/mol. The van der Waals surface area contributed by atoms with Crippen molar-refractivity contribution in [1.29, 1.82) is 0 Å². The first-order valence-electron chi connectivity index (χ1n) is 7.14. The third kappa shape index (κ3) is 14.9. The lowest BCUT2D eigenvalue weighted by atomic mass is 10.1. The highest BCUT2D eigenvalue weighted by molar-refractivity contribution is 5.66. The molecule has 2 heteroatoms. The highest BCUT2D eigenvalue weighted by atomic mass is 16.4. The van der Waals surface area contributed by atoms with E-state index in [1.165, 1.54) is 25.7 Å². The van der Waals surface area contributed by atoms with Gasteiger partial charge < -0.3 is 5.11 Å². The predicted octanol–water partition coefficient (Wildman–Crippen LogP) is 4.96. The summed E-state index contributed by atoms with van der Waals surface area (Å²) in [5.74, 6) is 0.118. The van der Waals surface area contributed by atoms with E-state index >= 15 is 0 Å². The molecule has 0 aliphatic carbocycles. The maximum Gasteiger partial charge on any atom is 0.303 e. The lowest BCUT2D eigenvalue weighted by molar-refractivity contribution is -0.137. The van der Waals surface area contributed by atoms with Gasteiger partial charge in [0.2, 0.25) is 0 Å². The van der Waals surface area contributed by atoms with Crippen LogP contribution < -0.4 is 0 Å². The molecule has 2 nitrogen and oxygen atoms in total. The summed E-state index contributed by atoms with van der Waals surface area (Å²) in [6, 6.07) is 0. The second kappa shape index (κ2) is 12.4. The second-order valence-corrected chi connectivity index (χ2v) is 5.14. The monoisotopic (exact) mass is 252 g/mol. The van der Waals surface area contributed by atoms with Crippen molar-refractivity contribution in [1.82, 2.24) is 0 Å². The van der Waals surface area contributed by atoms with Crippen LogP contribution in [0.25, 0.3) is 0 Å². The zero-order valence-electron chi connectivity index (χ0n) is 11.9. The standard InChI is InChI=1S/C16H28O2/c1-15(2)13-11-9-7-5-3-4-6-8-10-12-14-16(17)18/h3,5-6,8,15H,4,7,9-14H2,1-2H3,(H,17,18)/b5-3-,8-6-. The normalized spacial score (nSPS) is 11.9. The number of carboxylic acid groups (broad SMARTS) is 1. The molecule has 0 aliphatic heterocycles. The highest BCUT2D eigenvalue weighted by Crippen LogP contribution is 2.08. The van der Waals surface area contributed by atoms with E-state index < -0.39 is 5.97 Å². The van der Waals surface area contributed by atoms with Gasteiger partial charge in [0, 0.05) is 6.42 Å². The fourth-order valence-electron chi connectivity index (χ4n) is 1.69. The summed E-state index contributed by atoms with van der Waals surface area (Å²) in [5.41, 5.74) is 0. The third-order valence-electron chi connectivity index (χ3n) is 2.77. The zero-order valence-corrected chi connectivity index (χ0v) is 11.9. The minimum atomic E-state index is -0.704. The molecule has 0 amide bonds. The number of carbonyl (C=O) groups is 1. The molecule has 0 atom stereocenters. The first kappa shape index (κ1) is 16.9. The molecular formula is C16H28O2. The van der Waals surface area contributed by atoms with E-state index in [-0.39, 0.29) is 6.42 Å². The van der Waals surface area contributed by atoms with Gasteiger partial charge in [-0.25, -0.2) is 0 Å². The largest absolute Gasteiger partial charge is 0.481 e. The van der Waals surface area contributed by atoms with E-state index in [9.17, 15) is 4.79 Å². The molecule has 0 bridgehead atoms. The maximum absolute atomic E-state index is 10.3. The molecule has 0 spiro atoms. The van der Waals surface area contributed by atoms with Gasteiger partial charge in [-0.2, -0.15) is 0 Å². The number of carboxylic acids is 1. The van der Waals surface area contributed by atoms with Crippen LogP contribution in [-0.4, -0.2) is 11.1 Å². The minimum absolute atomic E-state index is 0.274. The number of unbranched alkanes of at least 4 members (excludes halogenated alkanes) is 3. The van der Waals surface area contributed by atoms with Crippen molar-refractivity contribution >= 4 is 5.97 Å². The van der Waals surface area contributed by atoms with Crippen molar-refractivity contribution in [3.05, 3.63) is 24.3 Å². The van der Waals surface area contributed by atoms with E-state index in [0.717, 1.165) is 25.2 Å². The van der Waals surface area contributed by atoms with Crippen molar-refractivity contribution in [3.63, 3.8) is 0 Å². The highest BCUT2D eigenvalue weighted by Gasteiger charge is 1.93. The summed E-state index contributed by atoms with van der Waals surface area (Å²) in [4.78, 5) is 10.3. The summed E-state index contributed by atoms with van der Waals surface area (Å²) >= 11 is 0. The Morgan fingerprint density at radius 2 is 1.61 bits per heavy atom. The Balaban J connectivity index is 3.26. The molecule has 0 aromatic heterocycles. The quantitative estimate of drug-likeness (QED) is 0.417. The lowest BCUT2D eigenvalue weighted by Crippen LogP contribution is -1.92. The topological polar surface area (TPSA) is 37.3 Å². The van der Waals surface area contributed by atoms with Crippen molar-refractivity contribution < 1.29 is 9.90 Å². The molecule has 104 valence electrons. The van der Waals surface area contributed by atoms with E-state index in [2.05, 4.69) is 38.2 Å². The van der Waals surface area contributed by atoms with Gasteiger partial charge in [0.15, 0.2) is 0 Å². The molecule has 0 heterocycles. The van der Waals surface area contributed by atoms with Crippen LogP contribution in [0.5, 0.6) is 0 Å². The van der Waals surface area contributed by atoms with E-state index in [1.54, 1.807) is 0 Å². The van der Waals surface area contributed by atoms with E-state index in [1.807, 2.05) is 0 Å². The smallest absolute Gasteiger partial charge is 0.303 e. The Labute approximate surface area is 112 Å². The fourth-order valence-corrected chi connectivity index (χ4v) is 1.69. The summed E-state index contributed by atoms with van der Waals surface area (Å²) in [6.07, 6.45) is 16.6. The number of allylic oxidation sites excluding steroid dienone is 4. The van der Waals surface area contributed by atoms with Gasteiger partial charge in [0.25, 0.3) is 0 Å². The molecule has 1 N–H and O–H groups in total. The van der Waals surface area contributed by atoms with Crippen molar-refractivity contribution in [2.45, 2.75) is 65.2 Å². The summed E-state index contributed by atoms with van der Waals surface area (Å²) in [5, 5.41) is 8.46. The average Bonchev–Trinajstić information content (AvgIpc) is 2.29. The SMILES string of the molecule is CC(C)CCCC/C=C\C/C=C\CCCC(=O)O. The lowest BCUT2D eigenvalue weighted by Gasteiger charge is -2.01. The Hall–Kier alpha value is -1.05. The first-order valence-corrected chi connectivity index (χ1v) is 7.14. The molecule has 0 radical (unpaired) electrons. The molecule has 18 heavy (non-hydrogen) atoms. The molecule has 0 aromatic rings. The van der Waals surface area contributed by atoms with Crippen molar-refractivity contribution in [2.24, 2.45) is 5.92 Å². The third-order valence-corrected chi connectivity index (χ3v) is 2.77. The summed E-state index contributed by atoms with van der Waals surface area (Å²) in [6.45, 7) is 4.54. The van der Waals surface area contributed by atoms with Gasteiger partial charge in [0.1, 0.15) is 0 Å². The van der Waals surface area contributed by atoms with Gasteiger partial charge in [0.05, 0.1) is 0 Å². The van der Waals surface area contributed by atoms with Crippen LogP contribution in [0.4, 0.5) is 0 Å². The van der Waals surface area contributed by atoms with Crippen LogP contribution in [0.3, 0.4) is 0 Å². The maximum atomic E-state index is 10.3. The van der Waals surface area contributed by atoms with Crippen LogP contribution in [0, 0.1) is 5.92 Å². The van der Waals surface area contributed by atoms with Gasteiger partial charge in [-0.1, -0.05) is 51.0 Å². The number of hydrogen-bond donors (Lipinski definition) is 1. The van der Waals surface area contributed by atoms with E-state index in [0.29, 0.717) is 0 Å². The molecule has 0 saturated heterocycles. The van der Waals surface area contributed by atoms with Crippen LogP contribution in [-0.2, 0) is 4.79 Å². The second-order valence-electron chi connectivity index (χ2n) is 5.14. The Morgan fingerprint density at radius 3 is 2.17 bits per heavy atom. The van der Waals surface area contributed by atoms with Crippen LogP contribution >= 0.6 is 0 Å². The molecule has 0 rings (SSSR count). The molecule has 0 aliphatic rings. The van der Waals surface area contributed by atoms with Crippen molar-refractivity contribution in [2.75, 3.05) is 0 Å².